The number of nitrogens with one attached hydrogen (secondary N) is 2. The molecule has 0 spiro atoms. The minimum atomic E-state index is -4.45. The Morgan fingerprint density at radius 2 is 1.82 bits per heavy atom. The minimum absolute atomic E-state index is 0.0334. The molecule has 14 nitrogen and oxygen atoms in total. The largest absolute Gasteiger partial charge is 0.465 e. The Bertz CT molecular complexity index is 2360. The van der Waals surface area contributed by atoms with Gasteiger partial charge in [0.25, 0.3) is 5.91 Å². The van der Waals surface area contributed by atoms with E-state index in [0.29, 0.717) is 59.2 Å². The van der Waals surface area contributed by atoms with Crippen molar-refractivity contribution in [1.82, 2.24) is 30.2 Å². The molecular weight excluding hydrogens is 821 g/mol. The summed E-state index contributed by atoms with van der Waals surface area (Å²) in [5.41, 5.74) is 1.10. The molecule has 4 saturated heterocycles. The number of aromatic nitrogens is 2. The summed E-state index contributed by atoms with van der Waals surface area (Å²) in [4.78, 5) is 70.2. The number of para-hydroxylation sites is 1. The van der Waals surface area contributed by atoms with Gasteiger partial charge in [-0.1, -0.05) is 31.2 Å². The summed E-state index contributed by atoms with van der Waals surface area (Å²) in [6.07, 6.45) is 8.89. The van der Waals surface area contributed by atoms with Crippen LogP contribution in [0.1, 0.15) is 91.4 Å². The van der Waals surface area contributed by atoms with Crippen LogP contribution in [0.5, 0.6) is 5.75 Å². The quantitative estimate of drug-likeness (QED) is 0.104. The van der Waals surface area contributed by atoms with Crippen LogP contribution in [0.15, 0.2) is 67.1 Å². The number of rotatable bonds is 14. The highest BCUT2D eigenvalue weighted by molar-refractivity contribution is 7.57. The number of nitrogens with zero attached hydrogens (tertiary/aromatic N) is 5. The lowest BCUT2D eigenvalue weighted by atomic mass is 9.91. The van der Waals surface area contributed by atoms with E-state index in [0.717, 1.165) is 50.2 Å². The predicted molar refractivity (Wildman–Crippen MR) is 228 cm³/mol. The van der Waals surface area contributed by atoms with Gasteiger partial charge in [-0.3, -0.25) is 23.7 Å². The lowest BCUT2D eigenvalue weighted by Gasteiger charge is -2.44. The molecule has 322 valence electrons. The second kappa shape index (κ2) is 17.1. The zero-order chi connectivity index (χ0) is 42.4. The molecule has 5 aliphatic rings. The number of thiophene rings is 1. The summed E-state index contributed by atoms with van der Waals surface area (Å²) in [5.74, 6) is -1.51. The maximum atomic E-state index is 16.6. The molecule has 2 aromatic heterocycles. The highest BCUT2D eigenvalue weighted by Crippen LogP contribution is 2.58. The molecule has 1 saturated carbocycles. The van der Waals surface area contributed by atoms with Gasteiger partial charge < -0.3 is 29.3 Å². The SMILES string of the molecule is CCCOC(=O)[C@H](C)NP(=O)(Oc1ccccc1)C(F)c1ccc2sc(C(=O)N[C@H]3C[C@@H]4C[C@@H]4C[C@H]4CC[C@@H](C(=O)N5CC(c6cncnc6N6CCC6)C5)N4C3=O)cc2c1. The van der Waals surface area contributed by atoms with E-state index in [2.05, 4.69) is 25.3 Å². The van der Waals surface area contributed by atoms with E-state index < -0.39 is 43.4 Å². The van der Waals surface area contributed by atoms with Crippen LogP contribution >= 0.6 is 18.9 Å². The number of likely N-dealkylation sites (tertiary alicyclic amines) is 1. The average molecular weight is 872 g/mol. The Morgan fingerprint density at radius 3 is 2.57 bits per heavy atom. The molecule has 2 unspecified atom stereocenters. The van der Waals surface area contributed by atoms with Crippen molar-refractivity contribution in [2.24, 2.45) is 11.8 Å². The second-order valence-electron chi connectivity index (χ2n) is 17.1. The number of benzene rings is 2. The fourth-order valence-corrected chi connectivity index (χ4v) is 12.1. The number of carbonyl (C=O) groups excluding carboxylic acids is 4. The first-order valence-electron chi connectivity index (χ1n) is 21.4. The summed E-state index contributed by atoms with van der Waals surface area (Å²) in [7, 11) is -4.45. The molecule has 17 heteroatoms. The van der Waals surface area contributed by atoms with Gasteiger partial charge >= 0.3 is 13.5 Å². The number of amides is 3. The summed E-state index contributed by atoms with van der Waals surface area (Å²) in [6, 6.07) is 11.9. The molecule has 2 N–H and O–H groups in total. The maximum absolute atomic E-state index is 16.6. The maximum Gasteiger partial charge on any atom is 0.355 e. The topological polar surface area (TPSA) is 163 Å². The molecule has 9 rings (SSSR count). The molecule has 61 heavy (non-hydrogen) atoms. The van der Waals surface area contributed by atoms with E-state index >= 15 is 4.39 Å². The van der Waals surface area contributed by atoms with Crippen LogP contribution in [0, 0.1) is 11.8 Å². The van der Waals surface area contributed by atoms with E-state index in [1.807, 2.05) is 18.0 Å². The first-order chi connectivity index (χ1) is 29.5. The molecule has 0 bridgehead atoms. The molecule has 2 aromatic carbocycles. The Labute approximate surface area is 358 Å². The highest BCUT2D eigenvalue weighted by atomic mass is 32.1. The van der Waals surface area contributed by atoms with Crippen molar-refractivity contribution in [1.29, 1.82) is 0 Å². The molecule has 0 radical (unpaired) electrons. The minimum Gasteiger partial charge on any atom is -0.465 e. The summed E-state index contributed by atoms with van der Waals surface area (Å²) < 4.78 is 42.6. The fraction of sp³-hybridized carbons (Fsp3) is 0.500. The number of fused-ring (bicyclic) bond motifs is 3. The number of hydrogen-bond donors (Lipinski definition) is 2. The van der Waals surface area contributed by atoms with Crippen molar-refractivity contribution >= 4 is 58.5 Å². The summed E-state index contributed by atoms with van der Waals surface area (Å²) in [6.45, 7) is 6.50. The number of hydrogen-bond acceptors (Lipinski definition) is 11. The van der Waals surface area contributed by atoms with Crippen molar-refractivity contribution < 1.29 is 37.4 Å². The normalized spacial score (nSPS) is 25.5. The van der Waals surface area contributed by atoms with Gasteiger partial charge in [0.1, 0.15) is 36.0 Å². The molecule has 4 aliphatic heterocycles. The summed E-state index contributed by atoms with van der Waals surface area (Å²) >= 11 is 1.20. The highest BCUT2D eigenvalue weighted by Gasteiger charge is 2.53. The third-order valence-corrected chi connectivity index (χ3v) is 16.1. The van der Waals surface area contributed by atoms with Crippen molar-refractivity contribution in [3.8, 4) is 5.75 Å². The van der Waals surface area contributed by atoms with E-state index in [1.165, 1.54) is 30.4 Å². The smallest absolute Gasteiger partial charge is 0.355 e. The first-order valence-corrected chi connectivity index (χ1v) is 23.9. The van der Waals surface area contributed by atoms with Crippen LogP contribution in [-0.4, -0.2) is 100 Å². The molecule has 1 aliphatic carbocycles. The Hall–Kier alpha value is -4.92. The van der Waals surface area contributed by atoms with E-state index in [1.54, 1.807) is 53.7 Å². The zero-order valence-corrected chi connectivity index (χ0v) is 36.0. The van der Waals surface area contributed by atoms with Crippen LogP contribution in [0.25, 0.3) is 10.1 Å². The molecule has 6 heterocycles. The summed E-state index contributed by atoms with van der Waals surface area (Å²) in [5, 5.41) is 6.18. The van der Waals surface area contributed by atoms with Gasteiger partial charge in [-0.15, -0.1) is 11.3 Å². The van der Waals surface area contributed by atoms with Gasteiger partial charge in [0.05, 0.1) is 11.5 Å². The third kappa shape index (κ3) is 8.38. The van der Waals surface area contributed by atoms with Crippen molar-refractivity contribution in [3.05, 3.63) is 83.1 Å². The van der Waals surface area contributed by atoms with Gasteiger partial charge in [-0.25, -0.2) is 19.4 Å². The lowest BCUT2D eigenvalue weighted by molar-refractivity contribution is -0.149. The van der Waals surface area contributed by atoms with Crippen LogP contribution in [-0.2, 0) is 23.7 Å². The Kier molecular flexibility index (Phi) is 11.6. The van der Waals surface area contributed by atoms with E-state index in [9.17, 15) is 23.7 Å². The second-order valence-corrected chi connectivity index (χ2v) is 20.3. The van der Waals surface area contributed by atoms with Crippen molar-refractivity contribution in [3.63, 3.8) is 0 Å². The standard InChI is InChI=1S/C44H51FN7O7PS/c1-3-16-58-44(56)26(2)49-60(57,59-33-8-5-4-6-9-33)39(45)27-10-13-37-30(17-27)21-38(61-37)41(53)48-35-20-29-18-28(29)19-32-11-12-36(52(32)42(35)54)43(55)51-23-31(24-51)34-22-46-25-47-40(34)50-14-7-15-50/h4-6,8-10,13,17,21-22,25-26,28-29,31-32,35-36,39H,3,7,11-12,14-16,18-20,23-24H2,1-2H3,(H,48,53)(H,49,57)/t26-,28+,29-,32+,35-,36-,39?,60?/m0/s1. The van der Waals surface area contributed by atoms with Crippen LogP contribution < -0.4 is 19.8 Å². The number of halogens is 1. The number of esters is 1. The Balaban J connectivity index is 0.893. The number of carbonyl (C=O) groups is 4. The molecular formula is C44H51FN7O7PS. The lowest BCUT2D eigenvalue weighted by Crippen LogP contribution is -2.59. The number of ether oxygens (including phenoxy) is 1. The molecule has 4 aromatic rings. The van der Waals surface area contributed by atoms with Gasteiger partial charge in [0.2, 0.25) is 17.7 Å². The average Bonchev–Trinajstić information content (AvgIpc) is 3.56. The van der Waals surface area contributed by atoms with E-state index in [-0.39, 0.29) is 41.7 Å². The zero-order valence-electron chi connectivity index (χ0n) is 34.3. The van der Waals surface area contributed by atoms with Gasteiger partial charge in [-0.2, -0.15) is 0 Å². The first kappa shape index (κ1) is 41.4. The third-order valence-electron chi connectivity index (χ3n) is 12.8. The molecule has 5 fully saturated rings. The number of anilines is 1. The van der Waals surface area contributed by atoms with Crippen LogP contribution in [0.2, 0.25) is 0 Å². The fourth-order valence-electron chi connectivity index (χ4n) is 9.29. The van der Waals surface area contributed by atoms with Gasteiger partial charge in [0.15, 0.2) is 0 Å². The van der Waals surface area contributed by atoms with Gasteiger partial charge in [-0.05, 0) is 105 Å². The molecule has 3 amide bonds. The van der Waals surface area contributed by atoms with Crippen LogP contribution in [0.4, 0.5) is 10.2 Å². The number of alkyl halides is 1. The van der Waals surface area contributed by atoms with Crippen molar-refractivity contribution in [2.45, 2.75) is 94.8 Å². The monoisotopic (exact) mass is 871 g/mol. The van der Waals surface area contributed by atoms with Crippen LogP contribution in [0.3, 0.4) is 0 Å². The Morgan fingerprint density at radius 1 is 1.03 bits per heavy atom. The van der Waals surface area contributed by atoms with Crippen molar-refractivity contribution in [2.75, 3.05) is 37.7 Å². The molecule has 8 atom stereocenters. The predicted octanol–water partition coefficient (Wildman–Crippen LogP) is 6.59. The van der Waals surface area contributed by atoms with E-state index in [4.69, 9.17) is 9.26 Å². The van der Waals surface area contributed by atoms with Gasteiger partial charge in [0, 0.05) is 54.6 Å².